The molecule has 1 aromatic heterocycles. The van der Waals surface area contributed by atoms with Gasteiger partial charge in [0.15, 0.2) is 0 Å². The highest BCUT2D eigenvalue weighted by molar-refractivity contribution is 5.94. The third kappa shape index (κ3) is 9.11. The number of H-pyrrole nitrogens is 1. The van der Waals surface area contributed by atoms with E-state index in [1.54, 1.807) is 0 Å². The molecule has 0 aliphatic carbocycles. The van der Waals surface area contributed by atoms with Crippen molar-refractivity contribution in [3.8, 4) is 0 Å². The van der Waals surface area contributed by atoms with E-state index >= 15 is 0 Å². The van der Waals surface area contributed by atoms with Crippen LogP contribution in [-0.4, -0.2) is 81.2 Å². The van der Waals surface area contributed by atoms with Gasteiger partial charge in [-0.15, -0.1) is 0 Å². The lowest BCUT2D eigenvalue weighted by Crippen LogP contribution is -2.58. The highest BCUT2D eigenvalue weighted by atomic mass is 16.4. The molecule has 31 heavy (non-hydrogen) atoms. The number of carbonyl (C=O) groups excluding carboxylic acids is 3. The Hall–Kier alpha value is -3.03. The van der Waals surface area contributed by atoms with E-state index in [0.717, 1.165) is 0 Å². The van der Waals surface area contributed by atoms with E-state index < -0.39 is 54.5 Å². The molecule has 4 atom stereocenters. The molecular formula is C18H31N7O6. The van der Waals surface area contributed by atoms with Gasteiger partial charge >= 0.3 is 5.97 Å². The number of carbonyl (C=O) groups is 4. The number of carboxylic acids is 1. The Morgan fingerprint density at radius 1 is 1.06 bits per heavy atom. The Bertz CT molecular complexity index is 725. The smallest absolute Gasteiger partial charge is 0.326 e. The van der Waals surface area contributed by atoms with E-state index in [0.29, 0.717) is 25.1 Å². The minimum atomic E-state index is -1.32. The monoisotopic (exact) mass is 441 g/mol. The maximum atomic E-state index is 12.7. The number of unbranched alkanes of at least 4 members (excludes halogenated alkanes) is 1. The molecule has 0 aliphatic rings. The number of nitrogens with one attached hydrogen (secondary N) is 4. The van der Waals surface area contributed by atoms with Gasteiger partial charge in [0.2, 0.25) is 17.7 Å². The first-order chi connectivity index (χ1) is 14.7. The number of aromatic amines is 1. The summed E-state index contributed by atoms with van der Waals surface area (Å²) in [7, 11) is 0. The number of aromatic nitrogens is 2. The second-order valence-electron chi connectivity index (χ2n) is 7.06. The third-order valence-electron chi connectivity index (χ3n) is 4.40. The molecule has 1 heterocycles. The zero-order valence-corrected chi connectivity index (χ0v) is 17.3. The van der Waals surface area contributed by atoms with Crippen LogP contribution >= 0.6 is 0 Å². The highest BCUT2D eigenvalue weighted by Crippen LogP contribution is 2.05. The highest BCUT2D eigenvalue weighted by Gasteiger charge is 2.29. The molecule has 0 saturated carbocycles. The van der Waals surface area contributed by atoms with Crippen LogP contribution in [0.4, 0.5) is 0 Å². The molecule has 10 N–H and O–H groups in total. The van der Waals surface area contributed by atoms with Crippen LogP contribution in [-0.2, 0) is 25.6 Å². The number of aliphatic hydroxyl groups excluding tert-OH is 1. The van der Waals surface area contributed by atoms with Crippen LogP contribution < -0.4 is 27.4 Å². The Balaban J connectivity index is 2.86. The van der Waals surface area contributed by atoms with E-state index in [9.17, 15) is 29.4 Å². The molecule has 0 radical (unpaired) electrons. The summed E-state index contributed by atoms with van der Waals surface area (Å²) < 4.78 is 0. The Morgan fingerprint density at radius 3 is 2.19 bits per heavy atom. The number of hydrogen-bond donors (Lipinski definition) is 8. The molecule has 0 fully saturated rings. The number of aliphatic hydroxyl groups is 1. The van der Waals surface area contributed by atoms with Crippen LogP contribution in [0.2, 0.25) is 0 Å². The predicted molar refractivity (Wildman–Crippen MR) is 109 cm³/mol. The van der Waals surface area contributed by atoms with Gasteiger partial charge in [0.05, 0.1) is 19.0 Å². The number of amides is 3. The molecule has 0 aromatic carbocycles. The van der Waals surface area contributed by atoms with Crippen molar-refractivity contribution < 1.29 is 29.4 Å². The standard InChI is InChI=1S/C18H31N7O6/c1-10(20)15(27)25-14(8-26)17(29)23-12(4-2-3-5-19)16(28)24-13(18(30)31)6-11-7-21-9-22-11/h7,9-10,12-14,26H,2-6,8,19-20H2,1H3,(H,21,22)(H,23,29)(H,24,28)(H,25,27)(H,30,31). The van der Waals surface area contributed by atoms with Gasteiger partial charge in [0, 0.05) is 18.3 Å². The van der Waals surface area contributed by atoms with Crippen LogP contribution in [0.5, 0.6) is 0 Å². The van der Waals surface area contributed by atoms with Crippen LogP contribution in [0.1, 0.15) is 31.9 Å². The van der Waals surface area contributed by atoms with Crippen molar-refractivity contribution in [1.82, 2.24) is 25.9 Å². The normalized spacial score (nSPS) is 14.7. The van der Waals surface area contributed by atoms with E-state index in [-0.39, 0.29) is 12.8 Å². The molecule has 0 aliphatic heterocycles. The summed E-state index contributed by atoms with van der Waals surface area (Å²) in [5.74, 6) is -3.42. The molecule has 0 bridgehead atoms. The summed E-state index contributed by atoms with van der Waals surface area (Å²) in [6.07, 6.45) is 4.05. The van der Waals surface area contributed by atoms with Gasteiger partial charge in [0.1, 0.15) is 18.1 Å². The number of aliphatic carboxylic acids is 1. The quantitative estimate of drug-likeness (QED) is 0.137. The van der Waals surface area contributed by atoms with Crippen LogP contribution in [0, 0.1) is 0 Å². The first-order valence-electron chi connectivity index (χ1n) is 9.87. The van der Waals surface area contributed by atoms with E-state index in [4.69, 9.17) is 11.5 Å². The van der Waals surface area contributed by atoms with E-state index in [1.807, 2.05) is 0 Å². The maximum Gasteiger partial charge on any atom is 0.326 e. The first-order valence-corrected chi connectivity index (χ1v) is 9.87. The minimum absolute atomic E-state index is 0.0335. The molecule has 1 aromatic rings. The van der Waals surface area contributed by atoms with Crippen LogP contribution in [0.25, 0.3) is 0 Å². The van der Waals surface area contributed by atoms with Crippen molar-refractivity contribution in [2.24, 2.45) is 11.5 Å². The van der Waals surface area contributed by atoms with Gasteiger partial charge in [0.25, 0.3) is 0 Å². The van der Waals surface area contributed by atoms with E-state index in [2.05, 4.69) is 25.9 Å². The van der Waals surface area contributed by atoms with Crippen LogP contribution in [0.15, 0.2) is 12.5 Å². The molecule has 174 valence electrons. The molecule has 13 nitrogen and oxygen atoms in total. The summed E-state index contributed by atoms with van der Waals surface area (Å²) >= 11 is 0. The Kier molecular flexibility index (Phi) is 11.2. The van der Waals surface area contributed by atoms with Crippen molar-refractivity contribution in [2.75, 3.05) is 13.2 Å². The van der Waals surface area contributed by atoms with Crippen molar-refractivity contribution >= 4 is 23.7 Å². The number of imidazole rings is 1. The third-order valence-corrected chi connectivity index (χ3v) is 4.40. The lowest BCUT2D eigenvalue weighted by atomic mass is 10.1. The second-order valence-corrected chi connectivity index (χ2v) is 7.06. The lowest BCUT2D eigenvalue weighted by Gasteiger charge is -2.24. The molecule has 1 rings (SSSR count). The molecule has 0 saturated heterocycles. The second kappa shape index (κ2) is 13.3. The molecule has 4 unspecified atom stereocenters. The Morgan fingerprint density at radius 2 is 1.68 bits per heavy atom. The molecule has 13 heteroatoms. The fourth-order valence-electron chi connectivity index (χ4n) is 2.62. The number of carboxylic acid groups (broad SMARTS) is 1. The van der Waals surface area contributed by atoms with Gasteiger partial charge in [-0.25, -0.2) is 9.78 Å². The fourth-order valence-corrected chi connectivity index (χ4v) is 2.62. The average Bonchev–Trinajstić information content (AvgIpc) is 3.23. The SMILES string of the molecule is CC(N)C(=O)NC(CO)C(=O)NC(CCCCN)C(=O)NC(Cc1cnc[nH]1)C(=O)O. The number of rotatable bonds is 14. The van der Waals surface area contributed by atoms with Crippen molar-refractivity contribution in [2.45, 2.75) is 56.8 Å². The van der Waals surface area contributed by atoms with Crippen LogP contribution in [0.3, 0.4) is 0 Å². The van der Waals surface area contributed by atoms with Crippen molar-refractivity contribution in [3.63, 3.8) is 0 Å². The number of hydrogen-bond acceptors (Lipinski definition) is 8. The summed E-state index contributed by atoms with van der Waals surface area (Å²) in [6.45, 7) is 1.08. The fraction of sp³-hybridized carbons (Fsp3) is 0.611. The Labute approximate surface area is 179 Å². The van der Waals surface area contributed by atoms with Crippen molar-refractivity contribution in [1.29, 1.82) is 0 Å². The average molecular weight is 441 g/mol. The summed E-state index contributed by atoms with van der Waals surface area (Å²) in [6, 6.07) is -4.56. The first kappa shape index (κ1) is 26.0. The minimum Gasteiger partial charge on any atom is -0.480 e. The molecule has 3 amide bonds. The van der Waals surface area contributed by atoms with Gasteiger partial charge in [-0.2, -0.15) is 0 Å². The molecule has 0 spiro atoms. The lowest BCUT2D eigenvalue weighted by molar-refractivity contribution is -0.142. The predicted octanol–water partition coefficient (Wildman–Crippen LogP) is -3.04. The van der Waals surface area contributed by atoms with Gasteiger partial charge in [-0.1, -0.05) is 0 Å². The van der Waals surface area contributed by atoms with Gasteiger partial charge in [-0.3, -0.25) is 14.4 Å². The zero-order valence-electron chi connectivity index (χ0n) is 17.3. The van der Waals surface area contributed by atoms with Gasteiger partial charge in [-0.05, 0) is 32.7 Å². The summed E-state index contributed by atoms with van der Waals surface area (Å²) in [4.78, 5) is 55.1. The topological polar surface area (TPSA) is 226 Å². The van der Waals surface area contributed by atoms with Crippen molar-refractivity contribution in [3.05, 3.63) is 18.2 Å². The maximum absolute atomic E-state index is 12.7. The zero-order chi connectivity index (χ0) is 23.4. The van der Waals surface area contributed by atoms with Gasteiger partial charge < -0.3 is 42.6 Å². The summed E-state index contributed by atoms with van der Waals surface area (Å²) in [5.41, 5.74) is 11.4. The largest absolute Gasteiger partial charge is 0.480 e. The number of nitrogens with zero attached hydrogens (tertiary/aromatic N) is 1. The molecular weight excluding hydrogens is 410 g/mol. The summed E-state index contributed by atoms with van der Waals surface area (Å²) in [5, 5.41) is 26.0. The van der Waals surface area contributed by atoms with E-state index in [1.165, 1.54) is 19.4 Å². The number of nitrogens with two attached hydrogens (primary N) is 2.